The first-order chi connectivity index (χ1) is 28.1. The van der Waals surface area contributed by atoms with Crippen LogP contribution in [0.5, 0.6) is 0 Å². The minimum Gasteiger partial charge on any atom is -0.392 e. The molecule has 0 spiro atoms. The lowest BCUT2D eigenvalue weighted by molar-refractivity contribution is 0.207. The van der Waals surface area contributed by atoms with E-state index >= 15 is 0 Å². The Kier molecular flexibility index (Phi) is 31.2. The number of nitrogens with two attached hydrogens (primary N) is 1. The summed E-state index contributed by atoms with van der Waals surface area (Å²) in [6, 6.07) is 17.5. The average molecular weight is 809 g/mol. The number of hydrogen-bond donors (Lipinski definition) is 3. The number of allylic oxidation sites excluding steroid dienone is 5. The zero-order chi connectivity index (χ0) is 45.6. The lowest BCUT2D eigenvalue weighted by Gasteiger charge is -2.34. The van der Waals surface area contributed by atoms with E-state index in [1.165, 1.54) is 56.4 Å². The van der Waals surface area contributed by atoms with Gasteiger partial charge >= 0.3 is 0 Å². The van der Waals surface area contributed by atoms with Gasteiger partial charge in [-0.3, -0.25) is 4.98 Å². The molecule has 0 aliphatic carbocycles. The number of hydrogen-bond acceptors (Lipinski definition) is 6. The highest BCUT2D eigenvalue weighted by Gasteiger charge is 2.18. The molecule has 0 radical (unpaired) electrons. The molecule has 59 heavy (non-hydrogen) atoms. The first kappa shape index (κ1) is 56.7. The number of aryl methyl sites for hydroxylation is 1. The van der Waals surface area contributed by atoms with Gasteiger partial charge in [0.05, 0.1) is 11.4 Å². The van der Waals surface area contributed by atoms with Crippen LogP contribution >= 0.6 is 0 Å². The first-order valence-corrected chi connectivity index (χ1v) is 22.0. The summed E-state index contributed by atoms with van der Waals surface area (Å²) in [5, 5.41) is 9.16. The number of likely N-dealkylation sites (N-methyl/N-ethyl adjacent to an activating group) is 1. The van der Waals surface area contributed by atoms with Crippen LogP contribution < -0.4 is 16.4 Å². The van der Waals surface area contributed by atoms with Gasteiger partial charge in [-0.1, -0.05) is 124 Å². The average Bonchev–Trinajstić information content (AvgIpc) is 3.24. The molecular formula is C53H88N6. The minimum absolute atomic E-state index is 0.213. The largest absolute Gasteiger partial charge is 0.392 e. The molecule has 1 aliphatic rings. The third kappa shape index (κ3) is 21.4. The van der Waals surface area contributed by atoms with E-state index in [1.54, 1.807) is 6.20 Å². The fourth-order valence-electron chi connectivity index (χ4n) is 5.99. The zero-order valence-electron chi connectivity index (χ0n) is 40.6. The Balaban J connectivity index is 0. The summed E-state index contributed by atoms with van der Waals surface area (Å²) in [6.07, 6.45) is 11.3. The molecule has 2 aromatic carbocycles. The minimum atomic E-state index is 0.213. The van der Waals surface area contributed by atoms with E-state index in [2.05, 4.69) is 189 Å². The molecule has 1 unspecified atom stereocenters. The molecule has 2 heterocycles. The van der Waals surface area contributed by atoms with Crippen molar-refractivity contribution in [2.75, 3.05) is 46.3 Å². The number of pyridine rings is 1. The fourth-order valence-corrected chi connectivity index (χ4v) is 5.99. The van der Waals surface area contributed by atoms with Crippen molar-refractivity contribution in [3.05, 3.63) is 144 Å². The fraction of sp³-hybridized carbons (Fsp3) is 0.491. The van der Waals surface area contributed by atoms with Crippen molar-refractivity contribution in [2.24, 2.45) is 17.1 Å². The molecule has 1 saturated heterocycles. The summed E-state index contributed by atoms with van der Waals surface area (Å²) < 4.78 is 0. The Morgan fingerprint density at radius 3 is 2.00 bits per heavy atom. The highest BCUT2D eigenvalue weighted by Crippen LogP contribution is 2.29. The van der Waals surface area contributed by atoms with Crippen LogP contribution in [0, 0.1) is 18.3 Å². The Bertz CT molecular complexity index is 1700. The number of rotatable bonds is 12. The Morgan fingerprint density at radius 1 is 0.949 bits per heavy atom. The molecule has 1 atom stereocenters. The number of aromatic nitrogens is 1. The summed E-state index contributed by atoms with van der Waals surface area (Å²) in [5.41, 5.74) is 16.5. The number of benzene rings is 2. The standard InChI is InChI=1S/C24H27N3.C19H35N.C4H9N.C2H7N.C2H6.C2H4/c1-18-8-9-21(23-7-5-4-6-22(18)23)16-20-10-11-25-24(17-20)19(2)27-14-12-26(3)13-15-27;1-10-14(4)17(12-3)18(20-16(6)11-2)13-15(5)19(7,8)9;1-3-5-4-2;1-2-3;2*1-2/h4-11,17H,2,12-16H2,1,3H3;11,13-14,20H,10,12H2,1-9H3;3,5H,1,4H2,2H3;2-3H2,1H3;1-2H3;1-2H2/b;15-13+,16-11-,18-17+;;;;. The van der Waals surface area contributed by atoms with Crippen LogP contribution in [-0.2, 0) is 6.42 Å². The number of fused-ring (bicyclic) bond motifs is 1. The monoisotopic (exact) mass is 809 g/mol. The molecule has 4 N–H and O–H groups in total. The Morgan fingerprint density at radius 2 is 1.53 bits per heavy atom. The summed E-state index contributed by atoms with van der Waals surface area (Å²) in [4.78, 5) is 9.31. The van der Waals surface area contributed by atoms with Gasteiger partial charge in [0.1, 0.15) is 0 Å². The van der Waals surface area contributed by atoms with Gasteiger partial charge in [-0.2, -0.15) is 0 Å². The summed E-state index contributed by atoms with van der Waals surface area (Å²) in [7, 11) is 2.17. The molecular weight excluding hydrogens is 721 g/mol. The zero-order valence-corrected chi connectivity index (χ0v) is 40.6. The van der Waals surface area contributed by atoms with Crippen molar-refractivity contribution in [1.29, 1.82) is 0 Å². The third-order valence-corrected chi connectivity index (χ3v) is 10.2. The normalized spacial score (nSPS) is 13.7. The van der Waals surface area contributed by atoms with Crippen molar-refractivity contribution < 1.29 is 0 Å². The molecule has 0 bridgehead atoms. The van der Waals surface area contributed by atoms with Crippen molar-refractivity contribution in [2.45, 2.75) is 116 Å². The maximum absolute atomic E-state index is 4.85. The van der Waals surface area contributed by atoms with Crippen LogP contribution in [0.25, 0.3) is 16.5 Å². The smallest absolute Gasteiger partial charge is 0.0859 e. The van der Waals surface area contributed by atoms with Gasteiger partial charge in [-0.15, -0.1) is 13.2 Å². The van der Waals surface area contributed by atoms with E-state index in [9.17, 15) is 0 Å². The van der Waals surface area contributed by atoms with Crippen molar-refractivity contribution in [3.63, 3.8) is 0 Å². The SMILES string of the molecule is C/C=C(/C)NC(/C=C(\C)C(C)(C)C)=C(\CC)C(C)CC.C=C.C=C(c1cc(Cc2ccc(C)c3ccccc23)ccn1)N1CCN(C)CC1.C=CNCC.CC.CCN. The van der Waals surface area contributed by atoms with E-state index in [4.69, 9.17) is 5.73 Å². The third-order valence-electron chi connectivity index (χ3n) is 10.2. The lowest BCUT2D eigenvalue weighted by atomic mass is 9.85. The van der Waals surface area contributed by atoms with Gasteiger partial charge < -0.3 is 26.2 Å². The second kappa shape index (κ2) is 32.5. The van der Waals surface area contributed by atoms with Gasteiger partial charge in [0.25, 0.3) is 0 Å². The predicted octanol–water partition coefficient (Wildman–Crippen LogP) is 13.1. The maximum atomic E-state index is 4.85. The maximum Gasteiger partial charge on any atom is 0.0859 e. The molecule has 1 aliphatic heterocycles. The van der Waals surface area contributed by atoms with E-state index in [-0.39, 0.29) is 5.41 Å². The van der Waals surface area contributed by atoms with E-state index < -0.39 is 0 Å². The van der Waals surface area contributed by atoms with Crippen molar-refractivity contribution in [3.8, 4) is 0 Å². The summed E-state index contributed by atoms with van der Waals surface area (Å²) in [6.45, 7) is 49.9. The van der Waals surface area contributed by atoms with Crippen molar-refractivity contribution >= 4 is 16.5 Å². The molecule has 0 saturated carbocycles. The summed E-state index contributed by atoms with van der Waals surface area (Å²) in [5.74, 6) is 0.621. The van der Waals surface area contributed by atoms with Crippen molar-refractivity contribution in [1.82, 2.24) is 25.4 Å². The number of nitrogens with zero attached hydrogens (tertiary/aromatic N) is 3. The first-order valence-electron chi connectivity index (χ1n) is 22.0. The topological polar surface area (TPSA) is 69.5 Å². The van der Waals surface area contributed by atoms with Crippen LogP contribution in [0.3, 0.4) is 0 Å². The van der Waals surface area contributed by atoms with Crippen LogP contribution in [0.1, 0.15) is 125 Å². The predicted molar refractivity (Wildman–Crippen MR) is 268 cm³/mol. The van der Waals surface area contributed by atoms with Gasteiger partial charge in [-0.25, -0.2) is 0 Å². The second-order valence-electron chi connectivity index (χ2n) is 15.5. The van der Waals surface area contributed by atoms with Gasteiger partial charge in [0, 0.05) is 50.3 Å². The highest BCUT2D eigenvalue weighted by atomic mass is 15.3. The molecule has 1 aromatic heterocycles. The quantitative estimate of drug-likeness (QED) is 0.125. The molecule has 1 fully saturated rings. The highest BCUT2D eigenvalue weighted by molar-refractivity contribution is 5.88. The van der Waals surface area contributed by atoms with Crippen LogP contribution in [0.4, 0.5) is 0 Å². The number of nitrogens with one attached hydrogen (secondary N) is 2. The second-order valence-corrected chi connectivity index (χ2v) is 15.5. The van der Waals surface area contributed by atoms with E-state index in [0.29, 0.717) is 5.92 Å². The van der Waals surface area contributed by atoms with E-state index in [1.807, 2.05) is 33.9 Å². The number of piperazine rings is 1. The molecule has 330 valence electrons. The molecule has 6 nitrogen and oxygen atoms in total. The molecule has 3 aromatic rings. The Labute approximate surface area is 364 Å². The summed E-state index contributed by atoms with van der Waals surface area (Å²) >= 11 is 0. The van der Waals surface area contributed by atoms with Crippen LogP contribution in [0.15, 0.2) is 122 Å². The van der Waals surface area contributed by atoms with E-state index in [0.717, 1.165) is 63.5 Å². The van der Waals surface area contributed by atoms with Crippen LogP contribution in [0.2, 0.25) is 0 Å². The molecule has 4 rings (SSSR count). The van der Waals surface area contributed by atoms with Gasteiger partial charge in [0.15, 0.2) is 0 Å². The van der Waals surface area contributed by atoms with Gasteiger partial charge in [0.2, 0.25) is 0 Å². The van der Waals surface area contributed by atoms with Gasteiger partial charge in [-0.05, 0) is 136 Å². The lowest BCUT2D eigenvalue weighted by Crippen LogP contribution is -2.43. The Hall–Kier alpha value is -4.39. The van der Waals surface area contributed by atoms with Crippen LogP contribution in [-0.4, -0.2) is 61.1 Å². The molecule has 6 heteroatoms. The molecule has 0 amide bonds.